The van der Waals surface area contributed by atoms with E-state index >= 15 is 0 Å². The van der Waals surface area contributed by atoms with E-state index in [9.17, 15) is 4.79 Å². The van der Waals surface area contributed by atoms with Gasteiger partial charge in [-0.3, -0.25) is 0 Å². The van der Waals surface area contributed by atoms with Crippen LogP contribution in [0.2, 0.25) is 0 Å². The van der Waals surface area contributed by atoms with E-state index in [0.717, 1.165) is 25.4 Å². The Kier molecular flexibility index (Phi) is 3.54. The summed E-state index contributed by atoms with van der Waals surface area (Å²) in [5, 5.41) is 12.1. The van der Waals surface area contributed by atoms with Crippen LogP contribution < -0.4 is 5.32 Å². The lowest BCUT2D eigenvalue weighted by atomic mass is 10.1. The molecule has 1 rings (SSSR count). The van der Waals surface area contributed by atoms with Crippen molar-refractivity contribution in [3.05, 3.63) is 5.92 Å². The highest BCUT2D eigenvalue weighted by Crippen LogP contribution is 2.11. The average Bonchev–Trinajstić information content (AvgIpc) is 2.50. The van der Waals surface area contributed by atoms with Gasteiger partial charge in [0.25, 0.3) is 0 Å². The summed E-state index contributed by atoms with van der Waals surface area (Å²) in [6.45, 7) is 6.19. The van der Waals surface area contributed by atoms with E-state index in [1.807, 2.05) is 13.8 Å². The number of hydrogen-bond acceptors (Lipinski definition) is 2. The van der Waals surface area contributed by atoms with Gasteiger partial charge in [-0.2, -0.15) is 0 Å². The van der Waals surface area contributed by atoms with E-state index in [1.165, 1.54) is 4.90 Å². The predicted octanol–water partition coefficient (Wildman–Crippen LogP) is 0.943. The molecule has 1 amide bonds. The molecular weight excluding hydrogens is 168 g/mol. The van der Waals surface area contributed by atoms with E-state index in [2.05, 4.69) is 5.32 Å². The Morgan fingerprint density at radius 2 is 2.31 bits per heavy atom. The highest BCUT2D eigenvalue weighted by molar-refractivity contribution is 5.65. The van der Waals surface area contributed by atoms with Gasteiger partial charge in [0.2, 0.25) is 0 Å². The first-order chi connectivity index (χ1) is 6.11. The van der Waals surface area contributed by atoms with Gasteiger partial charge in [-0.05, 0) is 18.9 Å². The lowest BCUT2D eigenvalue weighted by Crippen LogP contribution is -2.42. The fraction of sp³-hybridized carbons (Fsp3) is 0.778. The van der Waals surface area contributed by atoms with Crippen molar-refractivity contribution in [2.45, 2.75) is 26.3 Å². The zero-order chi connectivity index (χ0) is 9.84. The second-order valence-corrected chi connectivity index (χ2v) is 3.76. The van der Waals surface area contributed by atoms with Gasteiger partial charge >= 0.3 is 6.09 Å². The first kappa shape index (κ1) is 10.3. The molecule has 1 fully saturated rings. The van der Waals surface area contributed by atoms with Crippen LogP contribution >= 0.6 is 0 Å². The van der Waals surface area contributed by atoms with Gasteiger partial charge in [-0.25, -0.2) is 4.79 Å². The average molecular weight is 185 g/mol. The monoisotopic (exact) mass is 185 g/mol. The molecule has 1 heterocycles. The normalized spacial score (nSPS) is 22.2. The van der Waals surface area contributed by atoms with Crippen LogP contribution in [0.15, 0.2) is 0 Å². The third-order valence-corrected chi connectivity index (χ3v) is 2.21. The van der Waals surface area contributed by atoms with Crippen LogP contribution in [0.1, 0.15) is 20.3 Å². The van der Waals surface area contributed by atoms with Crippen molar-refractivity contribution in [2.75, 3.05) is 19.6 Å². The van der Waals surface area contributed by atoms with Crippen LogP contribution in [0.3, 0.4) is 0 Å². The van der Waals surface area contributed by atoms with Gasteiger partial charge in [0, 0.05) is 19.1 Å². The molecule has 1 aliphatic heterocycles. The van der Waals surface area contributed by atoms with E-state index < -0.39 is 6.09 Å². The lowest BCUT2D eigenvalue weighted by molar-refractivity contribution is 0.130. The maximum absolute atomic E-state index is 10.9. The maximum Gasteiger partial charge on any atom is 0.407 e. The van der Waals surface area contributed by atoms with Crippen molar-refractivity contribution in [3.8, 4) is 0 Å². The predicted molar refractivity (Wildman–Crippen MR) is 50.6 cm³/mol. The molecule has 1 saturated heterocycles. The van der Waals surface area contributed by atoms with Crippen molar-refractivity contribution < 1.29 is 9.90 Å². The molecular formula is C9H17N2O2. The Labute approximate surface area is 78.9 Å². The number of rotatable bonds is 3. The van der Waals surface area contributed by atoms with Gasteiger partial charge in [-0.15, -0.1) is 0 Å². The minimum absolute atomic E-state index is 0.160. The van der Waals surface area contributed by atoms with Crippen molar-refractivity contribution >= 4 is 6.09 Å². The zero-order valence-electron chi connectivity index (χ0n) is 8.21. The first-order valence-electron chi connectivity index (χ1n) is 4.60. The molecule has 1 atom stereocenters. The van der Waals surface area contributed by atoms with Crippen LogP contribution in [-0.4, -0.2) is 41.8 Å². The molecule has 0 spiro atoms. The largest absolute Gasteiger partial charge is 0.465 e. The molecule has 0 aromatic heterocycles. The highest BCUT2D eigenvalue weighted by Gasteiger charge is 2.26. The summed E-state index contributed by atoms with van der Waals surface area (Å²) in [4.78, 5) is 12.4. The van der Waals surface area contributed by atoms with Crippen molar-refractivity contribution in [3.63, 3.8) is 0 Å². The minimum Gasteiger partial charge on any atom is -0.465 e. The smallest absolute Gasteiger partial charge is 0.407 e. The van der Waals surface area contributed by atoms with Crippen molar-refractivity contribution in [2.24, 2.45) is 0 Å². The number of carbonyl (C=O) groups is 1. The molecule has 4 nitrogen and oxygen atoms in total. The van der Waals surface area contributed by atoms with Gasteiger partial charge < -0.3 is 15.3 Å². The topological polar surface area (TPSA) is 52.6 Å². The Bertz CT molecular complexity index is 176. The summed E-state index contributed by atoms with van der Waals surface area (Å²) in [5.41, 5.74) is 0. The Morgan fingerprint density at radius 1 is 1.62 bits per heavy atom. The number of carboxylic acid groups (broad SMARTS) is 1. The zero-order valence-corrected chi connectivity index (χ0v) is 8.21. The summed E-state index contributed by atoms with van der Waals surface area (Å²) in [7, 11) is 0. The number of nitrogens with zero attached hydrogens (tertiary/aromatic N) is 1. The standard InChI is InChI=1S/C9H17N2O2/c1-7(2)6-11(9(12)13)8-3-4-10-5-8/h8,10H,3-6H2,1-2H3,(H,12,13)/t8-/m0/s1. The molecule has 0 aromatic rings. The molecule has 0 aromatic carbocycles. The summed E-state index contributed by atoms with van der Waals surface area (Å²) in [6.07, 6.45) is 0.120. The number of amides is 1. The van der Waals surface area contributed by atoms with Gasteiger partial charge in [-0.1, -0.05) is 13.8 Å². The third kappa shape index (κ3) is 2.88. The van der Waals surface area contributed by atoms with Crippen molar-refractivity contribution in [1.82, 2.24) is 10.2 Å². The fourth-order valence-corrected chi connectivity index (χ4v) is 1.60. The van der Waals surface area contributed by atoms with Crippen LogP contribution in [0.4, 0.5) is 4.79 Å². The molecule has 4 heteroatoms. The minimum atomic E-state index is -0.810. The first-order valence-corrected chi connectivity index (χ1v) is 4.60. The summed E-state index contributed by atoms with van der Waals surface area (Å²) in [6, 6.07) is 0.160. The second-order valence-electron chi connectivity index (χ2n) is 3.76. The number of hydrogen-bond donors (Lipinski definition) is 2. The molecule has 0 unspecified atom stereocenters. The van der Waals surface area contributed by atoms with Gasteiger partial charge in [0.1, 0.15) is 0 Å². The molecule has 0 bridgehead atoms. The summed E-state index contributed by atoms with van der Waals surface area (Å²) < 4.78 is 0. The molecule has 2 N–H and O–H groups in total. The Balaban J connectivity index is 2.50. The quantitative estimate of drug-likeness (QED) is 0.688. The highest BCUT2D eigenvalue weighted by atomic mass is 16.4. The van der Waals surface area contributed by atoms with Gasteiger partial charge in [0.05, 0.1) is 0 Å². The fourth-order valence-electron chi connectivity index (χ4n) is 1.60. The van der Waals surface area contributed by atoms with E-state index in [1.54, 1.807) is 0 Å². The van der Waals surface area contributed by atoms with Crippen LogP contribution in [0.5, 0.6) is 0 Å². The molecule has 1 radical (unpaired) electrons. The Morgan fingerprint density at radius 3 is 2.69 bits per heavy atom. The van der Waals surface area contributed by atoms with E-state index in [-0.39, 0.29) is 6.04 Å². The molecule has 0 aliphatic carbocycles. The molecule has 0 saturated carbocycles. The lowest BCUT2D eigenvalue weighted by Gasteiger charge is -2.26. The molecule has 13 heavy (non-hydrogen) atoms. The van der Waals surface area contributed by atoms with E-state index in [0.29, 0.717) is 6.54 Å². The SMILES string of the molecule is C[C](C)CN(C(=O)O)[C@H]1CCNC1. The molecule has 1 aliphatic rings. The third-order valence-electron chi connectivity index (χ3n) is 2.21. The summed E-state index contributed by atoms with van der Waals surface area (Å²) in [5.74, 6) is 1.13. The van der Waals surface area contributed by atoms with Gasteiger partial charge in [0.15, 0.2) is 0 Å². The molecule has 75 valence electrons. The second kappa shape index (κ2) is 4.46. The Hall–Kier alpha value is -0.770. The maximum atomic E-state index is 10.9. The van der Waals surface area contributed by atoms with Crippen LogP contribution in [0.25, 0.3) is 0 Å². The van der Waals surface area contributed by atoms with Crippen LogP contribution in [0, 0.1) is 5.92 Å². The summed E-state index contributed by atoms with van der Waals surface area (Å²) >= 11 is 0. The van der Waals surface area contributed by atoms with Crippen molar-refractivity contribution in [1.29, 1.82) is 0 Å². The van der Waals surface area contributed by atoms with E-state index in [4.69, 9.17) is 5.11 Å². The number of nitrogens with one attached hydrogen (secondary N) is 1. The van der Waals surface area contributed by atoms with Crippen LogP contribution in [-0.2, 0) is 0 Å².